The van der Waals surface area contributed by atoms with Gasteiger partial charge in [0, 0.05) is 19.1 Å². The lowest BCUT2D eigenvalue weighted by atomic mass is 9.99. The summed E-state index contributed by atoms with van der Waals surface area (Å²) in [5.41, 5.74) is 4.17. The SMILES string of the molecule is CNC(CN(C)CC1CC1C)c1ccc(C)cc1C. The first kappa shape index (κ1) is 14.5. The second-order valence-corrected chi connectivity index (χ2v) is 6.40. The first-order chi connectivity index (χ1) is 9.01. The third-order valence-corrected chi connectivity index (χ3v) is 4.47. The van der Waals surface area contributed by atoms with Gasteiger partial charge in [-0.2, -0.15) is 0 Å². The van der Waals surface area contributed by atoms with Crippen LogP contribution in [0.5, 0.6) is 0 Å². The van der Waals surface area contributed by atoms with Crippen LogP contribution < -0.4 is 5.32 Å². The Labute approximate surface area is 118 Å². The summed E-state index contributed by atoms with van der Waals surface area (Å²) in [4.78, 5) is 2.48. The number of hydrogen-bond donors (Lipinski definition) is 1. The Balaban J connectivity index is 1.98. The van der Waals surface area contributed by atoms with Crippen LogP contribution in [0.25, 0.3) is 0 Å². The molecule has 2 rings (SSSR count). The number of likely N-dealkylation sites (N-methyl/N-ethyl adjacent to an activating group) is 2. The average molecular weight is 260 g/mol. The maximum absolute atomic E-state index is 3.47. The molecule has 0 amide bonds. The molecule has 3 atom stereocenters. The third-order valence-electron chi connectivity index (χ3n) is 4.47. The van der Waals surface area contributed by atoms with Gasteiger partial charge in [-0.15, -0.1) is 0 Å². The van der Waals surface area contributed by atoms with Crippen LogP contribution in [0.15, 0.2) is 18.2 Å². The van der Waals surface area contributed by atoms with E-state index in [0.29, 0.717) is 6.04 Å². The number of nitrogens with zero attached hydrogens (tertiary/aromatic N) is 1. The van der Waals surface area contributed by atoms with Gasteiger partial charge in [-0.1, -0.05) is 30.7 Å². The summed E-state index contributed by atoms with van der Waals surface area (Å²) in [7, 11) is 4.32. The molecule has 1 aromatic carbocycles. The lowest BCUT2D eigenvalue weighted by Gasteiger charge is -2.25. The Morgan fingerprint density at radius 1 is 1.37 bits per heavy atom. The number of benzene rings is 1. The molecule has 1 saturated carbocycles. The molecule has 2 nitrogen and oxygen atoms in total. The van der Waals surface area contributed by atoms with Crippen molar-refractivity contribution in [1.29, 1.82) is 0 Å². The van der Waals surface area contributed by atoms with E-state index in [-0.39, 0.29) is 0 Å². The summed E-state index contributed by atoms with van der Waals surface area (Å²) >= 11 is 0. The van der Waals surface area contributed by atoms with Crippen LogP contribution in [0.2, 0.25) is 0 Å². The smallest absolute Gasteiger partial charge is 0.0449 e. The minimum atomic E-state index is 0.430. The predicted octanol–water partition coefficient (Wildman–Crippen LogP) is 3.15. The van der Waals surface area contributed by atoms with Crippen LogP contribution in [-0.2, 0) is 0 Å². The van der Waals surface area contributed by atoms with E-state index in [4.69, 9.17) is 0 Å². The van der Waals surface area contributed by atoms with Crippen molar-refractivity contribution in [1.82, 2.24) is 10.2 Å². The zero-order valence-electron chi connectivity index (χ0n) is 13.0. The number of hydrogen-bond acceptors (Lipinski definition) is 2. The highest BCUT2D eigenvalue weighted by atomic mass is 15.1. The summed E-state index contributed by atoms with van der Waals surface area (Å²) in [6, 6.07) is 7.21. The van der Waals surface area contributed by atoms with E-state index in [9.17, 15) is 0 Å². The van der Waals surface area contributed by atoms with Crippen LogP contribution in [0.4, 0.5) is 0 Å². The highest BCUT2D eigenvalue weighted by Crippen LogP contribution is 2.38. The molecule has 106 valence electrons. The van der Waals surface area contributed by atoms with Gasteiger partial charge < -0.3 is 10.2 Å². The van der Waals surface area contributed by atoms with Gasteiger partial charge in [0.2, 0.25) is 0 Å². The zero-order chi connectivity index (χ0) is 14.0. The molecule has 1 aliphatic rings. The molecule has 0 saturated heterocycles. The second-order valence-electron chi connectivity index (χ2n) is 6.40. The Morgan fingerprint density at radius 2 is 2.05 bits per heavy atom. The van der Waals surface area contributed by atoms with Crippen molar-refractivity contribution >= 4 is 0 Å². The summed E-state index contributed by atoms with van der Waals surface area (Å²) in [5.74, 6) is 1.87. The fourth-order valence-electron chi connectivity index (χ4n) is 3.00. The van der Waals surface area contributed by atoms with Gasteiger partial charge in [0.05, 0.1) is 0 Å². The molecule has 1 aliphatic carbocycles. The molecule has 1 N–H and O–H groups in total. The molecule has 1 aromatic rings. The van der Waals surface area contributed by atoms with Crippen LogP contribution >= 0.6 is 0 Å². The monoisotopic (exact) mass is 260 g/mol. The molecule has 0 spiro atoms. The Kier molecular flexibility index (Phi) is 4.64. The molecule has 0 heterocycles. The second kappa shape index (κ2) is 6.06. The minimum absolute atomic E-state index is 0.430. The molecule has 0 radical (unpaired) electrons. The number of rotatable bonds is 6. The van der Waals surface area contributed by atoms with E-state index < -0.39 is 0 Å². The van der Waals surface area contributed by atoms with Gasteiger partial charge in [0.15, 0.2) is 0 Å². The molecule has 19 heavy (non-hydrogen) atoms. The molecule has 0 aliphatic heterocycles. The van der Waals surface area contributed by atoms with Crippen molar-refractivity contribution in [3.63, 3.8) is 0 Å². The first-order valence-corrected chi connectivity index (χ1v) is 7.44. The Morgan fingerprint density at radius 3 is 2.58 bits per heavy atom. The summed E-state index contributed by atoms with van der Waals surface area (Å²) in [6.07, 6.45) is 1.41. The predicted molar refractivity (Wildman–Crippen MR) is 82.5 cm³/mol. The fourth-order valence-corrected chi connectivity index (χ4v) is 3.00. The van der Waals surface area contributed by atoms with E-state index in [0.717, 1.165) is 18.4 Å². The minimum Gasteiger partial charge on any atom is -0.312 e. The van der Waals surface area contributed by atoms with E-state index in [2.05, 4.69) is 63.3 Å². The summed E-state index contributed by atoms with van der Waals surface area (Å²) < 4.78 is 0. The van der Waals surface area contributed by atoms with Gasteiger partial charge in [-0.3, -0.25) is 0 Å². The van der Waals surface area contributed by atoms with E-state index in [1.807, 2.05) is 0 Å². The van der Waals surface area contributed by atoms with Crippen LogP contribution in [-0.4, -0.2) is 32.1 Å². The highest BCUT2D eigenvalue weighted by Gasteiger charge is 2.33. The first-order valence-electron chi connectivity index (χ1n) is 7.44. The molecule has 2 heteroatoms. The normalized spacial score (nSPS) is 23.7. The maximum atomic E-state index is 3.47. The van der Waals surface area contributed by atoms with Gasteiger partial charge in [0.25, 0.3) is 0 Å². The number of aryl methyl sites for hydroxylation is 2. The summed E-state index contributed by atoms with van der Waals surface area (Å²) in [5, 5.41) is 3.47. The van der Waals surface area contributed by atoms with Crippen molar-refractivity contribution in [3.8, 4) is 0 Å². The molecular weight excluding hydrogens is 232 g/mol. The summed E-state index contributed by atoms with van der Waals surface area (Å²) in [6.45, 7) is 9.06. The zero-order valence-corrected chi connectivity index (χ0v) is 13.0. The maximum Gasteiger partial charge on any atom is 0.0449 e. The largest absolute Gasteiger partial charge is 0.312 e. The van der Waals surface area contributed by atoms with Crippen molar-refractivity contribution in [3.05, 3.63) is 34.9 Å². The van der Waals surface area contributed by atoms with Crippen molar-refractivity contribution in [2.24, 2.45) is 11.8 Å². The number of nitrogens with one attached hydrogen (secondary N) is 1. The van der Waals surface area contributed by atoms with E-state index in [1.54, 1.807) is 0 Å². The quantitative estimate of drug-likeness (QED) is 0.845. The average Bonchev–Trinajstić information content (AvgIpc) is 3.02. The molecule has 1 fully saturated rings. The van der Waals surface area contributed by atoms with Crippen molar-refractivity contribution in [2.45, 2.75) is 33.2 Å². The van der Waals surface area contributed by atoms with Gasteiger partial charge >= 0.3 is 0 Å². The van der Waals surface area contributed by atoms with Crippen LogP contribution in [0.1, 0.15) is 36.1 Å². The van der Waals surface area contributed by atoms with Crippen molar-refractivity contribution < 1.29 is 0 Å². The van der Waals surface area contributed by atoms with Gasteiger partial charge in [0.1, 0.15) is 0 Å². The molecule has 0 aromatic heterocycles. The third kappa shape index (κ3) is 3.80. The fraction of sp³-hybridized carbons (Fsp3) is 0.647. The van der Waals surface area contributed by atoms with Crippen LogP contribution in [0.3, 0.4) is 0 Å². The Hall–Kier alpha value is -0.860. The van der Waals surface area contributed by atoms with Crippen LogP contribution in [0, 0.1) is 25.7 Å². The molecule has 0 bridgehead atoms. The lowest BCUT2D eigenvalue weighted by Crippen LogP contribution is -2.33. The van der Waals surface area contributed by atoms with Crippen molar-refractivity contribution in [2.75, 3.05) is 27.2 Å². The Bertz CT molecular complexity index is 427. The standard InChI is InChI=1S/C17H28N2/c1-12-6-7-16(14(3)8-12)17(18-4)11-19(5)10-15-9-13(15)2/h6-8,13,15,17-18H,9-11H2,1-5H3. The molecule has 3 unspecified atom stereocenters. The van der Waals surface area contributed by atoms with E-state index in [1.165, 1.54) is 29.7 Å². The topological polar surface area (TPSA) is 15.3 Å². The lowest BCUT2D eigenvalue weighted by molar-refractivity contribution is 0.281. The van der Waals surface area contributed by atoms with Gasteiger partial charge in [-0.25, -0.2) is 0 Å². The molecular formula is C17H28N2. The van der Waals surface area contributed by atoms with E-state index >= 15 is 0 Å². The van der Waals surface area contributed by atoms with Gasteiger partial charge in [-0.05, 0) is 57.3 Å². The highest BCUT2D eigenvalue weighted by molar-refractivity contribution is 5.33.